The number of amides is 2. The van der Waals surface area contributed by atoms with Gasteiger partial charge in [-0.15, -0.1) is 11.3 Å². The van der Waals surface area contributed by atoms with Crippen molar-refractivity contribution in [3.63, 3.8) is 0 Å². The van der Waals surface area contributed by atoms with Gasteiger partial charge >= 0.3 is 6.09 Å². The van der Waals surface area contributed by atoms with Gasteiger partial charge in [-0.3, -0.25) is 4.79 Å². The van der Waals surface area contributed by atoms with Gasteiger partial charge < -0.3 is 19.5 Å². The summed E-state index contributed by atoms with van der Waals surface area (Å²) in [6.45, 7) is 3.97. The van der Waals surface area contributed by atoms with E-state index in [2.05, 4.69) is 15.4 Å². The minimum atomic E-state index is -0.530. The lowest BCUT2D eigenvalue weighted by molar-refractivity contribution is 0.102. The quantitative estimate of drug-likeness (QED) is 0.538. The second-order valence-electron chi connectivity index (χ2n) is 7.53. The third-order valence-corrected chi connectivity index (χ3v) is 6.23. The highest BCUT2D eigenvalue weighted by molar-refractivity contribution is 7.13. The van der Waals surface area contributed by atoms with Crippen LogP contribution in [-0.4, -0.2) is 48.5 Å². The van der Waals surface area contributed by atoms with Crippen molar-refractivity contribution < 1.29 is 23.8 Å². The molecule has 0 saturated heterocycles. The maximum Gasteiger partial charge on any atom is 0.431 e. The van der Waals surface area contributed by atoms with Gasteiger partial charge in [0, 0.05) is 11.3 Å². The molecule has 2 aromatic carbocycles. The van der Waals surface area contributed by atoms with Crippen molar-refractivity contribution in [2.75, 3.05) is 26.1 Å². The summed E-state index contributed by atoms with van der Waals surface area (Å²) >= 11 is 1.36. The number of cyclic esters (lactones) is 1. The number of carbonyl (C=O) groups excluding carboxylic acids is 2. The predicted octanol–water partition coefficient (Wildman–Crippen LogP) is 4.39. The summed E-state index contributed by atoms with van der Waals surface area (Å²) < 4.78 is 15.9. The van der Waals surface area contributed by atoms with E-state index in [1.165, 1.54) is 16.3 Å². The fourth-order valence-corrected chi connectivity index (χ4v) is 4.29. The largest absolute Gasteiger partial charge is 0.493 e. The van der Waals surface area contributed by atoms with Crippen molar-refractivity contribution in [2.45, 2.75) is 20.4 Å². The molecule has 0 radical (unpaired) electrons. The molecule has 1 aliphatic rings. The first-order valence-corrected chi connectivity index (χ1v) is 11.3. The minimum Gasteiger partial charge on any atom is -0.493 e. The van der Waals surface area contributed by atoms with Gasteiger partial charge in [-0.1, -0.05) is 12.1 Å². The zero-order valence-corrected chi connectivity index (χ0v) is 20.1. The summed E-state index contributed by atoms with van der Waals surface area (Å²) in [6, 6.07) is 12.6. The van der Waals surface area contributed by atoms with Crippen LogP contribution < -0.4 is 14.8 Å². The van der Waals surface area contributed by atoms with E-state index >= 15 is 0 Å². The number of hydrazone groups is 1. The number of aromatic nitrogens is 1. The van der Waals surface area contributed by atoms with Gasteiger partial charge in [-0.2, -0.15) is 10.1 Å². The van der Waals surface area contributed by atoms with Crippen molar-refractivity contribution in [1.29, 1.82) is 0 Å². The summed E-state index contributed by atoms with van der Waals surface area (Å²) in [5, 5.41) is 9.48. The molecule has 0 unspecified atom stereocenters. The summed E-state index contributed by atoms with van der Waals surface area (Å²) in [4.78, 5) is 29.7. The summed E-state index contributed by atoms with van der Waals surface area (Å²) in [6.07, 6.45) is -0.530. The Kier molecular flexibility index (Phi) is 6.78. The fraction of sp³-hybridized carbons (Fsp3) is 0.250. The van der Waals surface area contributed by atoms with E-state index in [0.717, 1.165) is 16.1 Å². The van der Waals surface area contributed by atoms with E-state index in [1.807, 2.05) is 32.0 Å². The Morgan fingerprint density at radius 1 is 1.12 bits per heavy atom. The molecule has 0 aliphatic carbocycles. The Balaban J connectivity index is 1.46. The van der Waals surface area contributed by atoms with E-state index < -0.39 is 6.09 Å². The second kappa shape index (κ2) is 9.92. The number of hydrogen-bond donors (Lipinski definition) is 1. The van der Waals surface area contributed by atoms with Gasteiger partial charge in [0.05, 0.1) is 31.5 Å². The van der Waals surface area contributed by atoms with Crippen LogP contribution in [0.5, 0.6) is 11.5 Å². The van der Waals surface area contributed by atoms with Gasteiger partial charge in [0.2, 0.25) is 0 Å². The van der Waals surface area contributed by atoms with Crippen LogP contribution in [0.4, 0.5) is 10.5 Å². The molecule has 34 heavy (non-hydrogen) atoms. The van der Waals surface area contributed by atoms with Crippen molar-refractivity contribution in [1.82, 2.24) is 9.99 Å². The number of benzene rings is 2. The van der Waals surface area contributed by atoms with Crippen molar-refractivity contribution >= 4 is 34.7 Å². The van der Waals surface area contributed by atoms with Crippen LogP contribution in [0.2, 0.25) is 0 Å². The van der Waals surface area contributed by atoms with E-state index in [9.17, 15) is 9.59 Å². The number of carbonyl (C=O) groups is 2. The molecule has 1 aromatic heterocycles. The van der Waals surface area contributed by atoms with E-state index in [-0.39, 0.29) is 19.1 Å². The van der Waals surface area contributed by atoms with Crippen molar-refractivity contribution in [3.8, 4) is 11.5 Å². The third kappa shape index (κ3) is 5.01. The Labute approximate surface area is 201 Å². The van der Waals surface area contributed by atoms with Crippen molar-refractivity contribution in [3.05, 3.63) is 69.2 Å². The lowest BCUT2D eigenvalue weighted by atomic mass is 10.1. The van der Waals surface area contributed by atoms with Crippen LogP contribution in [0.25, 0.3) is 0 Å². The lowest BCUT2D eigenvalue weighted by Crippen LogP contribution is -2.35. The number of aryl methyl sites for hydroxylation is 2. The SMILES string of the molecule is COc1ccc(C2=NN(Cc3ccc(NC(=O)c4sc(C)nc4C)cc3)C(=O)OC2)cc1OC. The number of nitrogens with one attached hydrogen (secondary N) is 1. The first-order valence-electron chi connectivity index (χ1n) is 10.5. The molecule has 0 spiro atoms. The highest BCUT2D eigenvalue weighted by Crippen LogP contribution is 2.28. The molecular formula is C24H24N4O5S. The summed E-state index contributed by atoms with van der Waals surface area (Å²) in [5.74, 6) is 0.969. The number of nitrogens with zero attached hydrogens (tertiary/aromatic N) is 3. The first-order chi connectivity index (χ1) is 16.4. The molecule has 2 heterocycles. The zero-order chi connectivity index (χ0) is 24.2. The smallest absolute Gasteiger partial charge is 0.431 e. The molecule has 0 atom stereocenters. The van der Waals surface area contributed by atoms with Crippen LogP contribution in [0, 0.1) is 13.8 Å². The number of hydrogen-bond acceptors (Lipinski definition) is 8. The van der Waals surface area contributed by atoms with Gasteiger partial charge in [-0.25, -0.2) is 9.78 Å². The maximum absolute atomic E-state index is 12.5. The molecule has 2 amide bonds. The first kappa shape index (κ1) is 23.2. The van der Waals surface area contributed by atoms with Crippen LogP contribution in [0.15, 0.2) is 47.6 Å². The second-order valence-corrected chi connectivity index (χ2v) is 8.73. The zero-order valence-electron chi connectivity index (χ0n) is 19.2. The number of thiazole rings is 1. The topological polar surface area (TPSA) is 102 Å². The molecule has 0 fully saturated rings. The molecule has 0 saturated carbocycles. The molecule has 4 rings (SSSR count). The summed E-state index contributed by atoms with van der Waals surface area (Å²) in [7, 11) is 3.12. The average Bonchev–Trinajstić information content (AvgIpc) is 3.19. The molecule has 9 nitrogen and oxygen atoms in total. The lowest BCUT2D eigenvalue weighted by Gasteiger charge is -2.24. The van der Waals surface area contributed by atoms with Gasteiger partial charge in [-0.05, 0) is 49.7 Å². The van der Waals surface area contributed by atoms with E-state index in [0.29, 0.717) is 33.5 Å². The fourth-order valence-electron chi connectivity index (χ4n) is 3.47. The van der Waals surface area contributed by atoms with E-state index in [4.69, 9.17) is 14.2 Å². The van der Waals surface area contributed by atoms with Gasteiger partial charge in [0.1, 0.15) is 17.2 Å². The van der Waals surface area contributed by atoms with Crippen molar-refractivity contribution in [2.24, 2.45) is 5.10 Å². The Morgan fingerprint density at radius 3 is 2.50 bits per heavy atom. The normalized spacial score (nSPS) is 13.2. The number of methoxy groups -OCH3 is 2. The molecule has 0 bridgehead atoms. The van der Waals surface area contributed by atoms with Gasteiger partial charge in [0.25, 0.3) is 5.91 Å². The molecule has 176 valence electrons. The van der Waals surface area contributed by atoms with Crippen LogP contribution in [-0.2, 0) is 11.3 Å². The molecule has 1 aliphatic heterocycles. The maximum atomic E-state index is 12.5. The third-order valence-electron chi connectivity index (χ3n) is 5.16. The minimum absolute atomic E-state index is 0.0618. The summed E-state index contributed by atoms with van der Waals surface area (Å²) in [5.41, 5.74) is 3.55. The highest BCUT2D eigenvalue weighted by Gasteiger charge is 2.24. The van der Waals surface area contributed by atoms with Crippen LogP contribution in [0.3, 0.4) is 0 Å². The molecule has 3 aromatic rings. The standard InChI is InChI=1S/C24H24N4O5S/c1-14-22(34-15(2)25-14)23(29)26-18-8-5-16(6-9-18)12-28-24(30)33-13-19(27-28)17-7-10-20(31-3)21(11-17)32-4/h5-11H,12-13H2,1-4H3,(H,26,29). The Morgan fingerprint density at radius 2 is 1.85 bits per heavy atom. The molecular weight excluding hydrogens is 456 g/mol. The highest BCUT2D eigenvalue weighted by atomic mass is 32.1. The number of anilines is 1. The monoisotopic (exact) mass is 480 g/mol. The number of rotatable bonds is 7. The number of ether oxygens (including phenoxy) is 3. The van der Waals surface area contributed by atoms with Crippen LogP contribution in [0.1, 0.15) is 31.5 Å². The predicted molar refractivity (Wildman–Crippen MR) is 129 cm³/mol. The van der Waals surface area contributed by atoms with E-state index in [1.54, 1.807) is 38.5 Å². The Hall–Kier alpha value is -3.92. The Bertz CT molecular complexity index is 1250. The average molecular weight is 481 g/mol. The van der Waals surface area contributed by atoms with Gasteiger partial charge in [0.15, 0.2) is 11.5 Å². The van der Waals surface area contributed by atoms with Crippen LogP contribution >= 0.6 is 11.3 Å². The molecule has 10 heteroatoms. The molecule has 1 N–H and O–H groups in total.